The first kappa shape index (κ1) is 20.4. The number of ether oxygens (including phenoxy) is 1. The largest absolute Gasteiger partial charge is 0.489 e. The van der Waals surface area contributed by atoms with Crippen LogP contribution in [-0.2, 0) is 11.3 Å². The standard InChI is InChI=1S/C24H18BrNO3S/c1-2-12-29-21-11-10-19(25)13-18(21)14-22-23(27)26(24(28)30-22)15-17-8-5-7-16-6-3-4-9-20(16)17/h2-11,13-14H,1,12,15H2/b22-14-. The predicted octanol–water partition coefficient (Wildman–Crippen LogP) is 6.40. The van der Waals surface area contributed by atoms with Crippen molar-refractivity contribution in [2.75, 3.05) is 6.61 Å². The Morgan fingerprint density at radius 2 is 1.87 bits per heavy atom. The van der Waals surface area contributed by atoms with E-state index in [1.54, 1.807) is 12.2 Å². The zero-order valence-electron chi connectivity index (χ0n) is 16.0. The van der Waals surface area contributed by atoms with Crippen molar-refractivity contribution < 1.29 is 14.3 Å². The van der Waals surface area contributed by atoms with E-state index in [4.69, 9.17) is 4.74 Å². The lowest BCUT2D eigenvalue weighted by Gasteiger charge is -2.14. The molecule has 4 rings (SSSR count). The van der Waals surface area contributed by atoms with E-state index in [9.17, 15) is 9.59 Å². The maximum Gasteiger partial charge on any atom is 0.293 e. The Balaban J connectivity index is 1.63. The zero-order valence-corrected chi connectivity index (χ0v) is 18.4. The third kappa shape index (κ3) is 4.20. The van der Waals surface area contributed by atoms with Gasteiger partial charge in [0.05, 0.1) is 11.4 Å². The summed E-state index contributed by atoms with van der Waals surface area (Å²) < 4.78 is 6.54. The van der Waals surface area contributed by atoms with Gasteiger partial charge in [-0.2, -0.15) is 0 Å². The smallest absolute Gasteiger partial charge is 0.293 e. The van der Waals surface area contributed by atoms with E-state index in [0.29, 0.717) is 17.3 Å². The molecule has 0 spiro atoms. The summed E-state index contributed by atoms with van der Waals surface area (Å²) in [6, 6.07) is 19.4. The van der Waals surface area contributed by atoms with Crippen LogP contribution < -0.4 is 4.74 Å². The van der Waals surface area contributed by atoms with Gasteiger partial charge in [-0.25, -0.2) is 0 Å². The van der Waals surface area contributed by atoms with Crippen LogP contribution in [0.25, 0.3) is 16.8 Å². The number of halogens is 1. The molecule has 0 bridgehead atoms. The molecule has 2 amide bonds. The highest BCUT2D eigenvalue weighted by atomic mass is 79.9. The van der Waals surface area contributed by atoms with Gasteiger partial charge in [0.2, 0.25) is 0 Å². The van der Waals surface area contributed by atoms with Crippen LogP contribution in [0, 0.1) is 0 Å². The fraction of sp³-hybridized carbons (Fsp3) is 0.0833. The quantitative estimate of drug-likeness (QED) is 0.303. The van der Waals surface area contributed by atoms with Crippen molar-refractivity contribution in [3.8, 4) is 5.75 Å². The van der Waals surface area contributed by atoms with E-state index in [1.807, 2.05) is 60.7 Å². The highest BCUT2D eigenvalue weighted by Crippen LogP contribution is 2.36. The number of rotatable bonds is 6. The highest BCUT2D eigenvalue weighted by Gasteiger charge is 2.35. The van der Waals surface area contributed by atoms with Crippen LogP contribution in [0.15, 0.2) is 82.7 Å². The Morgan fingerprint density at radius 1 is 1.07 bits per heavy atom. The molecule has 0 aromatic heterocycles. The second-order valence-corrected chi connectivity index (χ2v) is 8.60. The molecule has 0 N–H and O–H groups in total. The van der Waals surface area contributed by atoms with Crippen molar-refractivity contribution in [2.24, 2.45) is 0 Å². The summed E-state index contributed by atoms with van der Waals surface area (Å²) in [6.07, 6.45) is 3.36. The Hall–Kier alpha value is -2.83. The Morgan fingerprint density at radius 3 is 2.70 bits per heavy atom. The van der Waals surface area contributed by atoms with Gasteiger partial charge in [0.1, 0.15) is 12.4 Å². The van der Waals surface area contributed by atoms with Crippen molar-refractivity contribution >= 4 is 55.7 Å². The molecule has 0 radical (unpaired) electrons. The number of amides is 2. The molecule has 150 valence electrons. The van der Waals surface area contributed by atoms with Gasteiger partial charge in [0, 0.05) is 10.0 Å². The molecule has 4 nitrogen and oxygen atoms in total. The molecule has 30 heavy (non-hydrogen) atoms. The molecule has 0 atom stereocenters. The lowest BCUT2D eigenvalue weighted by Crippen LogP contribution is -2.27. The predicted molar refractivity (Wildman–Crippen MR) is 125 cm³/mol. The number of nitrogens with zero attached hydrogens (tertiary/aromatic N) is 1. The van der Waals surface area contributed by atoms with E-state index in [1.165, 1.54) is 4.90 Å². The zero-order chi connectivity index (χ0) is 21.1. The van der Waals surface area contributed by atoms with Gasteiger partial charge in [-0.05, 0) is 52.4 Å². The number of hydrogen-bond donors (Lipinski definition) is 0. The fourth-order valence-electron chi connectivity index (χ4n) is 3.29. The summed E-state index contributed by atoms with van der Waals surface area (Å²) in [5, 5.41) is 1.84. The number of hydrogen-bond acceptors (Lipinski definition) is 4. The molecule has 0 unspecified atom stereocenters. The average Bonchev–Trinajstić information content (AvgIpc) is 3.01. The van der Waals surface area contributed by atoms with E-state index in [-0.39, 0.29) is 17.7 Å². The average molecular weight is 480 g/mol. The van der Waals surface area contributed by atoms with Gasteiger partial charge in [-0.15, -0.1) is 0 Å². The second-order valence-electron chi connectivity index (χ2n) is 6.69. The molecular weight excluding hydrogens is 462 g/mol. The highest BCUT2D eigenvalue weighted by molar-refractivity contribution is 9.10. The van der Waals surface area contributed by atoms with Gasteiger partial charge in [-0.3, -0.25) is 14.5 Å². The van der Waals surface area contributed by atoms with E-state index in [0.717, 1.165) is 38.1 Å². The molecule has 1 fully saturated rings. The summed E-state index contributed by atoms with van der Waals surface area (Å²) in [5.41, 5.74) is 1.66. The summed E-state index contributed by atoms with van der Waals surface area (Å²) in [6.45, 7) is 4.25. The van der Waals surface area contributed by atoms with Crippen molar-refractivity contribution in [1.29, 1.82) is 0 Å². The maximum atomic E-state index is 13.0. The molecule has 0 aliphatic carbocycles. The third-order valence-electron chi connectivity index (χ3n) is 4.70. The van der Waals surface area contributed by atoms with Crippen LogP contribution in [0.5, 0.6) is 5.75 Å². The van der Waals surface area contributed by atoms with Crippen molar-refractivity contribution in [1.82, 2.24) is 4.90 Å². The summed E-state index contributed by atoms with van der Waals surface area (Å²) in [4.78, 5) is 27.3. The van der Waals surface area contributed by atoms with Gasteiger partial charge in [0.15, 0.2) is 0 Å². The number of carbonyl (C=O) groups is 2. The topological polar surface area (TPSA) is 46.6 Å². The summed E-state index contributed by atoms with van der Waals surface area (Å²) >= 11 is 4.39. The lowest BCUT2D eigenvalue weighted by atomic mass is 10.0. The fourth-order valence-corrected chi connectivity index (χ4v) is 4.50. The molecule has 1 aliphatic rings. The summed E-state index contributed by atoms with van der Waals surface area (Å²) in [5.74, 6) is 0.325. The van der Waals surface area contributed by atoms with E-state index >= 15 is 0 Å². The number of thioether (sulfide) groups is 1. The summed E-state index contributed by atoms with van der Waals surface area (Å²) in [7, 11) is 0. The molecule has 3 aromatic carbocycles. The van der Waals surface area contributed by atoms with Crippen LogP contribution in [0.4, 0.5) is 4.79 Å². The molecule has 1 aliphatic heterocycles. The first-order valence-electron chi connectivity index (χ1n) is 9.32. The number of fused-ring (bicyclic) bond motifs is 1. The maximum absolute atomic E-state index is 13.0. The van der Waals surface area contributed by atoms with Crippen LogP contribution in [0.2, 0.25) is 0 Å². The van der Waals surface area contributed by atoms with Gasteiger partial charge < -0.3 is 4.74 Å². The molecule has 1 heterocycles. The van der Waals surface area contributed by atoms with Gasteiger partial charge >= 0.3 is 0 Å². The van der Waals surface area contributed by atoms with Gasteiger partial charge in [-0.1, -0.05) is 71.0 Å². The van der Waals surface area contributed by atoms with Crippen LogP contribution in [-0.4, -0.2) is 22.7 Å². The normalized spacial score (nSPS) is 15.2. The first-order valence-corrected chi connectivity index (χ1v) is 10.9. The van der Waals surface area contributed by atoms with Crippen LogP contribution in [0.1, 0.15) is 11.1 Å². The van der Waals surface area contributed by atoms with Crippen LogP contribution >= 0.6 is 27.7 Å². The van der Waals surface area contributed by atoms with E-state index < -0.39 is 0 Å². The van der Waals surface area contributed by atoms with Crippen molar-refractivity contribution in [3.63, 3.8) is 0 Å². The number of benzene rings is 3. The minimum atomic E-state index is -0.299. The Labute approximate surface area is 187 Å². The Kier molecular flexibility index (Phi) is 6.06. The SMILES string of the molecule is C=CCOc1ccc(Br)cc1/C=C1\SC(=O)N(Cc2cccc3ccccc23)C1=O. The molecule has 6 heteroatoms. The molecule has 3 aromatic rings. The first-order chi connectivity index (χ1) is 14.6. The third-order valence-corrected chi connectivity index (χ3v) is 6.10. The monoisotopic (exact) mass is 479 g/mol. The lowest BCUT2D eigenvalue weighted by molar-refractivity contribution is -0.123. The molecule has 0 saturated carbocycles. The minimum absolute atomic E-state index is 0.238. The number of carbonyl (C=O) groups excluding carboxylic acids is 2. The minimum Gasteiger partial charge on any atom is -0.489 e. The molecular formula is C24H18BrNO3S. The second kappa shape index (κ2) is 8.90. The number of imide groups is 1. The molecule has 1 saturated heterocycles. The van der Waals surface area contributed by atoms with Crippen molar-refractivity contribution in [3.05, 3.63) is 93.8 Å². The van der Waals surface area contributed by atoms with E-state index in [2.05, 4.69) is 22.5 Å². The van der Waals surface area contributed by atoms with Crippen LogP contribution in [0.3, 0.4) is 0 Å². The van der Waals surface area contributed by atoms with Crippen molar-refractivity contribution in [2.45, 2.75) is 6.54 Å². The van der Waals surface area contributed by atoms with Gasteiger partial charge in [0.25, 0.3) is 11.1 Å². The Bertz CT molecular complexity index is 1180.